The lowest BCUT2D eigenvalue weighted by Gasteiger charge is -2.02. The Labute approximate surface area is 70.1 Å². The Morgan fingerprint density at radius 3 is 2.50 bits per heavy atom. The number of nitrogen functional groups attached to an aromatic ring is 1. The maximum Gasteiger partial charge on any atom is 0.254 e. The smallest absolute Gasteiger partial charge is 0.254 e. The maximum atomic E-state index is 10.9. The fourth-order valence-electron chi connectivity index (χ4n) is 1.05. The summed E-state index contributed by atoms with van der Waals surface area (Å²) >= 11 is 0. The van der Waals surface area contributed by atoms with E-state index in [2.05, 4.69) is 10.2 Å². The van der Waals surface area contributed by atoms with Crippen molar-refractivity contribution >= 4 is 11.7 Å². The predicted molar refractivity (Wildman–Crippen MR) is 45.6 cm³/mol. The standard InChI is InChI=1S/C7H12N4O/c1-3(2)5-4(7(9)12)6(8)11-10-5/h3H,1-2H3,(H2,9,12)(H3,8,10,11). The van der Waals surface area contributed by atoms with Gasteiger partial charge >= 0.3 is 0 Å². The molecule has 0 aromatic carbocycles. The summed E-state index contributed by atoms with van der Waals surface area (Å²) < 4.78 is 0. The van der Waals surface area contributed by atoms with Gasteiger partial charge in [-0.3, -0.25) is 9.89 Å². The van der Waals surface area contributed by atoms with Crippen LogP contribution in [-0.4, -0.2) is 16.1 Å². The molecular weight excluding hydrogens is 156 g/mol. The van der Waals surface area contributed by atoms with E-state index in [0.717, 1.165) is 0 Å². The molecule has 5 N–H and O–H groups in total. The highest BCUT2D eigenvalue weighted by Crippen LogP contribution is 2.20. The number of anilines is 1. The highest BCUT2D eigenvalue weighted by atomic mass is 16.1. The van der Waals surface area contributed by atoms with E-state index in [-0.39, 0.29) is 11.7 Å². The predicted octanol–water partition coefficient (Wildman–Crippen LogP) is 0.214. The van der Waals surface area contributed by atoms with Gasteiger partial charge < -0.3 is 11.5 Å². The van der Waals surface area contributed by atoms with Crippen LogP contribution in [0.3, 0.4) is 0 Å². The maximum absolute atomic E-state index is 10.9. The lowest BCUT2D eigenvalue weighted by Crippen LogP contribution is -2.15. The van der Waals surface area contributed by atoms with Crippen LogP contribution in [0.4, 0.5) is 5.82 Å². The minimum atomic E-state index is -0.537. The first kappa shape index (κ1) is 8.58. The van der Waals surface area contributed by atoms with Crippen LogP contribution in [0.25, 0.3) is 0 Å². The number of amides is 1. The number of H-pyrrole nitrogens is 1. The van der Waals surface area contributed by atoms with Gasteiger partial charge in [-0.25, -0.2) is 0 Å². The summed E-state index contributed by atoms with van der Waals surface area (Å²) in [6.45, 7) is 3.86. The van der Waals surface area contributed by atoms with Crippen LogP contribution in [0, 0.1) is 0 Å². The van der Waals surface area contributed by atoms with Crippen LogP contribution in [0.2, 0.25) is 0 Å². The van der Waals surface area contributed by atoms with Gasteiger partial charge in [0, 0.05) is 0 Å². The molecule has 1 heterocycles. The second-order valence-electron chi connectivity index (χ2n) is 2.92. The fourth-order valence-corrected chi connectivity index (χ4v) is 1.05. The zero-order valence-corrected chi connectivity index (χ0v) is 7.09. The van der Waals surface area contributed by atoms with Crippen molar-refractivity contribution in [3.05, 3.63) is 11.3 Å². The molecule has 0 aliphatic rings. The van der Waals surface area contributed by atoms with E-state index in [4.69, 9.17) is 11.5 Å². The van der Waals surface area contributed by atoms with Crippen LogP contribution >= 0.6 is 0 Å². The second kappa shape index (κ2) is 2.84. The highest BCUT2D eigenvalue weighted by molar-refractivity contribution is 5.98. The van der Waals surface area contributed by atoms with E-state index in [1.165, 1.54) is 0 Å². The number of nitrogens with zero attached hydrogens (tertiary/aromatic N) is 1. The SMILES string of the molecule is CC(C)c1[nH]nc(N)c1C(N)=O. The third kappa shape index (κ3) is 1.25. The normalized spacial score (nSPS) is 10.6. The van der Waals surface area contributed by atoms with Crippen LogP contribution in [0.15, 0.2) is 0 Å². The molecule has 12 heavy (non-hydrogen) atoms. The number of carbonyl (C=O) groups excluding carboxylic acids is 1. The molecule has 0 radical (unpaired) electrons. The first-order valence-electron chi connectivity index (χ1n) is 3.67. The summed E-state index contributed by atoms with van der Waals surface area (Å²) in [7, 11) is 0. The number of nitrogens with one attached hydrogen (secondary N) is 1. The number of aromatic amines is 1. The number of nitrogens with two attached hydrogens (primary N) is 2. The van der Waals surface area contributed by atoms with Gasteiger partial charge in [0.1, 0.15) is 5.56 Å². The van der Waals surface area contributed by atoms with Crippen molar-refractivity contribution in [3.63, 3.8) is 0 Å². The molecule has 5 nitrogen and oxygen atoms in total. The van der Waals surface area contributed by atoms with Crippen LogP contribution in [-0.2, 0) is 0 Å². The number of hydrogen-bond donors (Lipinski definition) is 3. The van der Waals surface area contributed by atoms with E-state index in [1.807, 2.05) is 13.8 Å². The van der Waals surface area contributed by atoms with Crippen molar-refractivity contribution in [1.29, 1.82) is 0 Å². The van der Waals surface area contributed by atoms with Crippen molar-refractivity contribution in [2.24, 2.45) is 5.73 Å². The van der Waals surface area contributed by atoms with Gasteiger partial charge in [-0.05, 0) is 5.92 Å². The minimum absolute atomic E-state index is 0.164. The molecule has 0 aliphatic carbocycles. The molecular formula is C7H12N4O. The monoisotopic (exact) mass is 168 g/mol. The van der Waals surface area contributed by atoms with Crippen molar-refractivity contribution in [1.82, 2.24) is 10.2 Å². The first-order valence-corrected chi connectivity index (χ1v) is 3.67. The van der Waals surface area contributed by atoms with Gasteiger partial charge in [0.15, 0.2) is 5.82 Å². The molecule has 0 aliphatic heterocycles. The Balaban J connectivity index is 3.21. The molecule has 0 unspecified atom stereocenters. The number of primary amides is 1. The first-order chi connectivity index (χ1) is 5.54. The summed E-state index contributed by atoms with van der Waals surface area (Å²) in [6.07, 6.45) is 0. The molecule has 0 bridgehead atoms. The molecule has 0 atom stereocenters. The highest BCUT2D eigenvalue weighted by Gasteiger charge is 2.17. The van der Waals surface area contributed by atoms with Gasteiger partial charge in [0.25, 0.3) is 5.91 Å². The van der Waals surface area contributed by atoms with Gasteiger partial charge in [-0.2, -0.15) is 5.10 Å². The van der Waals surface area contributed by atoms with Crippen molar-refractivity contribution < 1.29 is 4.79 Å². The molecule has 1 aromatic heterocycles. The Morgan fingerprint density at radius 1 is 1.58 bits per heavy atom. The number of hydrogen-bond acceptors (Lipinski definition) is 3. The van der Waals surface area contributed by atoms with Crippen molar-refractivity contribution in [3.8, 4) is 0 Å². The quantitative estimate of drug-likeness (QED) is 0.588. The molecule has 5 heteroatoms. The topological polar surface area (TPSA) is 97.8 Å². The van der Waals surface area contributed by atoms with Gasteiger partial charge in [0.2, 0.25) is 0 Å². The van der Waals surface area contributed by atoms with E-state index in [9.17, 15) is 4.79 Å². The van der Waals surface area contributed by atoms with E-state index < -0.39 is 5.91 Å². The number of aromatic nitrogens is 2. The third-order valence-electron chi connectivity index (χ3n) is 1.65. The van der Waals surface area contributed by atoms with Crippen LogP contribution in [0.5, 0.6) is 0 Å². The largest absolute Gasteiger partial charge is 0.382 e. The van der Waals surface area contributed by atoms with E-state index in [0.29, 0.717) is 11.3 Å². The number of rotatable bonds is 2. The molecule has 0 fully saturated rings. The Bertz CT molecular complexity index is 302. The van der Waals surface area contributed by atoms with Crippen LogP contribution in [0.1, 0.15) is 35.8 Å². The molecule has 0 saturated carbocycles. The summed E-state index contributed by atoms with van der Waals surface area (Å²) in [5, 5.41) is 6.39. The zero-order chi connectivity index (χ0) is 9.30. The summed E-state index contributed by atoms with van der Waals surface area (Å²) in [5.41, 5.74) is 11.6. The van der Waals surface area contributed by atoms with Gasteiger partial charge in [-0.1, -0.05) is 13.8 Å². The Hall–Kier alpha value is -1.52. The molecule has 0 saturated heterocycles. The Kier molecular flexibility index (Phi) is 2.03. The Morgan fingerprint density at radius 2 is 2.17 bits per heavy atom. The molecule has 66 valence electrons. The van der Waals surface area contributed by atoms with E-state index >= 15 is 0 Å². The van der Waals surface area contributed by atoms with Gasteiger partial charge in [0.05, 0.1) is 5.69 Å². The summed E-state index contributed by atoms with van der Waals surface area (Å²) in [5.74, 6) is -0.201. The summed E-state index contributed by atoms with van der Waals surface area (Å²) in [4.78, 5) is 10.9. The molecule has 0 spiro atoms. The number of carbonyl (C=O) groups is 1. The van der Waals surface area contributed by atoms with E-state index in [1.54, 1.807) is 0 Å². The molecule has 1 aromatic rings. The molecule has 1 rings (SSSR count). The average Bonchev–Trinajstić information content (AvgIpc) is 2.30. The average molecular weight is 168 g/mol. The molecule has 1 amide bonds. The lowest BCUT2D eigenvalue weighted by molar-refractivity contribution is 0.1000. The second-order valence-corrected chi connectivity index (χ2v) is 2.92. The van der Waals surface area contributed by atoms with Crippen molar-refractivity contribution in [2.45, 2.75) is 19.8 Å². The lowest BCUT2D eigenvalue weighted by atomic mass is 10.1. The summed E-state index contributed by atoms with van der Waals surface area (Å²) in [6, 6.07) is 0. The van der Waals surface area contributed by atoms with Crippen molar-refractivity contribution in [2.75, 3.05) is 5.73 Å². The van der Waals surface area contributed by atoms with Crippen LogP contribution < -0.4 is 11.5 Å². The van der Waals surface area contributed by atoms with Gasteiger partial charge in [-0.15, -0.1) is 0 Å². The third-order valence-corrected chi connectivity index (χ3v) is 1.65. The fraction of sp³-hybridized carbons (Fsp3) is 0.429. The zero-order valence-electron chi connectivity index (χ0n) is 7.09. The minimum Gasteiger partial charge on any atom is -0.382 e.